The molecule has 1 aliphatic heterocycles. The van der Waals surface area contributed by atoms with Crippen molar-refractivity contribution in [3.63, 3.8) is 0 Å². The van der Waals surface area contributed by atoms with Gasteiger partial charge in [-0.25, -0.2) is 8.78 Å². The lowest BCUT2D eigenvalue weighted by atomic mass is 9.48. The van der Waals surface area contributed by atoms with E-state index < -0.39 is 17.6 Å². The first-order valence-electron chi connectivity index (χ1n) is 6.12. The second-order valence-corrected chi connectivity index (χ2v) is 6.28. The van der Waals surface area contributed by atoms with Crippen molar-refractivity contribution in [1.29, 1.82) is 0 Å². The third-order valence-corrected chi connectivity index (χ3v) is 5.27. The van der Waals surface area contributed by atoms with Crippen LogP contribution in [0, 0.1) is 23.2 Å². The van der Waals surface area contributed by atoms with E-state index in [2.05, 4.69) is 4.74 Å². The zero-order chi connectivity index (χ0) is 10.3. The van der Waals surface area contributed by atoms with E-state index in [1.807, 2.05) is 0 Å². The van der Waals surface area contributed by atoms with Crippen LogP contribution in [0.15, 0.2) is 0 Å². The van der Waals surface area contributed by atoms with E-state index in [1.165, 1.54) is 19.3 Å². The van der Waals surface area contributed by atoms with Crippen LogP contribution < -0.4 is 0 Å². The largest absolute Gasteiger partial charge is 0.301 e. The highest BCUT2D eigenvalue weighted by molar-refractivity contribution is 5.12. The molecule has 4 saturated carbocycles. The van der Waals surface area contributed by atoms with Gasteiger partial charge in [0.1, 0.15) is 0 Å². The van der Waals surface area contributed by atoms with Crippen LogP contribution in [0.4, 0.5) is 8.78 Å². The molecule has 1 saturated heterocycles. The summed E-state index contributed by atoms with van der Waals surface area (Å²) < 4.78 is 32.0. The quantitative estimate of drug-likeness (QED) is 0.611. The zero-order valence-corrected chi connectivity index (χ0v) is 8.72. The molecule has 5 fully saturated rings. The summed E-state index contributed by atoms with van der Waals surface area (Å²) in [6, 6.07) is 0. The van der Waals surface area contributed by atoms with E-state index in [1.54, 1.807) is 0 Å². The van der Waals surface area contributed by atoms with Crippen LogP contribution in [0.25, 0.3) is 0 Å². The molecule has 15 heavy (non-hydrogen) atoms. The molecule has 0 radical (unpaired) electrons. The molecular weight excluding hydrogens is 198 g/mol. The van der Waals surface area contributed by atoms with Gasteiger partial charge in [0.15, 0.2) is 0 Å². The second-order valence-electron chi connectivity index (χ2n) is 6.28. The number of ether oxygens (including phenoxy) is 1. The minimum Gasteiger partial charge on any atom is -0.301 e. The lowest BCUT2D eigenvalue weighted by molar-refractivity contribution is -0.140. The summed E-state index contributed by atoms with van der Waals surface area (Å²) in [6.07, 6.45) is 4.75. The maximum absolute atomic E-state index is 14.2. The SMILES string of the molecule is F[C@H]1O[C@]1(F)C12CC3CC(CC(C3)C1)C2. The average Bonchev–Trinajstić information content (AvgIpc) is 2.74. The third kappa shape index (κ3) is 0.961. The van der Waals surface area contributed by atoms with Crippen molar-refractivity contribution in [3.05, 3.63) is 0 Å². The predicted octanol–water partition coefficient (Wildman–Crippen LogP) is 3.19. The van der Waals surface area contributed by atoms with Crippen molar-refractivity contribution >= 4 is 0 Å². The fourth-order valence-corrected chi connectivity index (χ4v) is 5.01. The van der Waals surface area contributed by atoms with Gasteiger partial charge in [0, 0.05) is 5.41 Å². The lowest BCUT2D eigenvalue weighted by Crippen LogP contribution is -2.52. The molecule has 4 aliphatic carbocycles. The fraction of sp³-hybridized carbons (Fsp3) is 1.00. The first kappa shape index (κ1) is 8.91. The van der Waals surface area contributed by atoms with E-state index in [-0.39, 0.29) is 0 Å². The van der Waals surface area contributed by atoms with Gasteiger partial charge >= 0.3 is 0 Å². The Kier molecular flexibility index (Phi) is 1.42. The Morgan fingerprint density at radius 3 is 1.67 bits per heavy atom. The molecule has 0 amide bonds. The first-order valence-corrected chi connectivity index (χ1v) is 6.12. The summed E-state index contributed by atoms with van der Waals surface area (Å²) in [4.78, 5) is 0. The van der Waals surface area contributed by atoms with Gasteiger partial charge in [-0.1, -0.05) is 0 Å². The van der Waals surface area contributed by atoms with Gasteiger partial charge in [0.2, 0.25) is 0 Å². The Morgan fingerprint density at radius 1 is 0.933 bits per heavy atom. The summed E-state index contributed by atoms with van der Waals surface area (Å²) in [5.74, 6) is 0.0593. The molecule has 1 heterocycles. The van der Waals surface area contributed by atoms with E-state index in [0.717, 1.165) is 19.3 Å². The van der Waals surface area contributed by atoms with Crippen LogP contribution in [0.1, 0.15) is 38.5 Å². The summed E-state index contributed by atoms with van der Waals surface area (Å²) in [6.45, 7) is 0. The Bertz CT molecular complexity index is 281. The van der Waals surface area contributed by atoms with Gasteiger partial charge in [0.25, 0.3) is 12.2 Å². The van der Waals surface area contributed by atoms with Crippen molar-refractivity contribution < 1.29 is 13.5 Å². The minimum absolute atomic E-state index is 0.443. The molecule has 5 rings (SSSR count). The van der Waals surface area contributed by atoms with E-state index in [0.29, 0.717) is 17.8 Å². The number of hydrogen-bond donors (Lipinski definition) is 0. The molecule has 0 N–H and O–H groups in total. The molecule has 3 heteroatoms. The topological polar surface area (TPSA) is 12.5 Å². The first-order chi connectivity index (χ1) is 7.11. The molecule has 0 unspecified atom stereocenters. The normalized spacial score (nSPS) is 66.0. The molecule has 0 spiro atoms. The fourth-order valence-electron chi connectivity index (χ4n) is 5.01. The Labute approximate surface area is 88.2 Å². The van der Waals surface area contributed by atoms with Crippen molar-refractivity contribution in [1.82, 2.24) is 0 Å². The molecule has 1 nitrogen and oxygen atoms in total. The molecule has 0 aromatic rings. The summed E-state index contributed by atoms with van der Waals surface area (Å²) in [5, 5.41) is 0. The maximum Gasteiger partial charge on any atom is 0.274 e. The highest BCUT2D eigenvalue weighted by Gasteiger charge is 2.75. The smallest absolute Gasteiger partial charge is 0.274 e. The summed E-state index contributed by atoms with van der Waals surface area (Å²) >= 11 is 0. The molecule has 4 bridgehead atoms. The van der Waals surface area contributed by atoms with E-state index in [4.69, 9.17) is 0 Å². The summed E-state index contributed by atoms with van der Waals surface area (Å²) in [5.41, 5.74) is -0.443. The number of alkyl halides is 2. The molecular formula is C12H16F2O. The van der Waals surface area contributed by atoms with E-state index in [9.17, 15) is 8.78 Å². The lowest BCUT2D eigenvalue weighted by Gasteiger charge is -2.56. The Morgan fingerprint density at radius 2 is 1.33 bits per heavy atom. The van der Waals surface area contributed by atoms with Crippen LogP contribution in [-0.4, -0.2) is 12.2 Å². The van der Waals surface area contributed by atoms with Crippen LogP contribution >= 0.6 is 0 Å². The van der Waals surface area contributed by atoms with Crippen LogP contribution in [0.2, 0.25) is 0 Å². The monoisotopic (exact) mass is 214 g/mol. The number of hydrogen-bond acceptors (Lipinski definition) is 1. The summed E-state index contributed by atoms with van der Waals surface area (Å²) in [7, 11) is 0. The van der Waals surface area contributed by atoms with Crippen molar-refractivity contribution in [2.45, 2.75) is 50.7 Å². The van der Waals surface area contributed by atoms with Gasteiger partial charge < -0.3 is 4.74 Å². The van der Waals surface area contributed by atoms with Gasteiger partial charge in [-0.2, -0.15) is 0 Å². The van der Waals surface area contributed by atoms with E-state index >= 15 is 0 Å². The number of rotatable bonds is 1. The van der Waals surface area contributed by atoms with Gasteiger partial charge in [-0.05, 0) is 56.3 Å². The Balaban J connectivity index is 1.72. The minimum atomic E-state index is -1.90. The van der Waals surface area contributed by atoms with Crippen LogP contribution in [0.5, 0.6) is 0 Å². The second kappa shape index (κ2) is 2.39. The molecule has 5 aliphatic rings. The van der Waals surface area contributed by atoms with Gasteiger partial charge in [0.05, 0.1) is 0 Å². The highest BCUT2D eigenvalue weighted by atomic mass is 19.2. The predicted molar refractivity (Wildman–Crippen MR) is 50.4 cm³/mol. The van der Waals surface area contributed by atoms with Gasteiger partial charge in [-0.3, -0.25) is 0 Å². The standard InChI is InChI=1S/C12H16F2O/c13-10-12(14,15-10)11-4-7-1-8(5-11)3-9(2-7)6-11/h7-10H,1-6H2/t7?,8?,9?,10-,11?,12-/m0/s1. The van der Waals surface area contributed by atoms with Crippen LogP contribution in [0.3, 0.4) is 0 Å². The van der Waals surface area contributed by atoms with Crippen molar-refractivity contribution in [3.8, 4) is 0 Å². The molecule has 2 atom stereocenters. The number of epoxide rings is 1. The van der Waals surface area contributed by atoms with Crippen molar-refractivity contribution in [2.24, 2.45) is 23.2 Å². The average molecular weight is 214 g/mol. The highest BCUT2D eigenvalue weighted by Crippen LogP contribution is 2.69. The zero-order valence-electron chi connectivity index (χ0n) is 8.72. The Hall–Kier alpha value is -0.180. The van der Waals surface area contributed by atoms with Crippen molar-refractivity contribution in [2.75, 3.05) is 0 Å². The number of halogens is 2. The molecule has 84 valence electrons. The third-order valence-electron chi connectivity index (χ3n) is 5.27. The maximum atomic E-state index is 14.2. The molecule has 0 aromatic heterocycles. The molecule has 0 aromatic carbocycles. The van der Waals surface area contributed by atoms with Gasteiger partial charge in [-0.15, -0.1) is 0 Å². The van der Waals surface area contributed by atoms with Crippen LogP contribution in [-0.2, 0) is 4.74 Å².